The monoisotopic (exact) mass is 217 g/mol. The third-order valence-electron chi connectivity index (χ3n) is 2.45. The highest BCUT2D eigenvalue weighted by Crippen LogP contribution is 2.22. The summed E-state index contributed by atoms with van der Waals surface area (Å²) < 4.78 is 10.4. The molecule has 0 spiro atoms. The van der Waals surface area contributed by atoms with E-state index in [1.807, 2.05) is 37.3 Å². The molecule has 1 aromatic heterocycles. The summed E-state index contributed by atoms with van der Waals surface area (Å²) in [5.74, 6) is 0.866. The first-order valence-corrected chi connectivity index (χ1v) is 5.31. The quantitative estimate of drug-likeness (QED) is 0.856. The van der Waals surface area contributed by atoms with E-state index in [-0.39, 0.29) is 6.04 Å². The Morgan fingerprint density at radius 2 is 1.94 bits per heavy atom. The Morgan fingerprint density at radius 3 is 2.50 bits per heavy atom. The molecule has 2 aromatic rings. The van der Waals surface area contributed by atoms with Gasteiger partial charge in [-0.05, 0) is 30.7 Å². The van der Waals surface area contributed by atoms with Crippen LogP contribution in [-0.4, -0.2) is 6.61 Å². The zero-order chi connectivity index (χ0) is 11.4. The normalized spacial score (nSPS) is 12.4. The molecule has 0 aliphatic heterocycles. The van der Waals surface area contributed by atoms with E-state index in [4.69, 9.17) is 14.9 Å². The summed E-state index contributed by atoms with van der Waals surface area (Å²) in [7, 11) is 0. The van der Waals surface area contributed by atoms with Crippen LogP contribution in [0.25, 0.3) is 0 Å². The van der Waals surface area contributed by atoms with Gasteiger partial charge in [0, 0.05) is 5.56 Å². The first kappa shape index (κ1) is 10.8. The number of furan rings is 1. The Bertz CT molecular complexity index is 420. The molecule has 3 heteroatoms. The van der Waals surface area contributed by atoms with Crippen LogP contribution < -0.4 is 10.5 Å². The molecule has 0 saturated carbocycles. The van der Waals surface area contributed by atoms with Gasteiger partial charge in [-0.2, -0.15) is 0 Å². The molecule has 2 N–H and O–H groups in total. The summed E-state index contributed by atoms with van der Waals surface area (Å²) in [4.78, 5) is 0. The molecule has 0 fully saturated rings. The molecule has 2 rings (SSSR count). The van der Waals surface area contributed by atoms with Crippen LogP contribution in [0.15, 0.2) is 47.3 Å². The van der Waals surface area contributed by atoms with E-state index in [1.165, 1.54) is 0 Å². The lowest BCUT2D eigenvalue weighted by atomic mass is 10.0. The van der Waals surface area contributed by atoms with Crippen molar-refractivity contribution in [2.45, 2.75) is 13.0 Å². The Hall–Kier alpha value is -1.74. The molecule has 0 amide bonds. The molecule has 0 radical (unpaired) electrons. The van der Waals surface area contributed by atoms with Crippen molar-refractivity contribution in [3.05, 3.63) is 54.0 Å². The second kappa shape index (κ2) is 4.86. The lowest BCUT2D eigenvalue weighted by Gasteiger charge is -2.10. The summed E-state index contributed by atoms with van der Waals surface area (Å²) in [6.45, 7) is 2.64. The summed E-state index contributed by atoms with van der Waals surface area (Å²) in [5.41, 5.74) is 8.11. The van der Waals surface area contributed by atoms with Crippen molar-refractivity contribution in [3.63, 3.8) is 0 Å². The van der Waals surface area contributed by atoms with Gasteiger partial charge in [0.2, 0.25) is 0 Å². The van der Waals surface area contributed by atoms with Crippen LogP contribution in [0.5, 0.6) is 5.75 Å². The molecule has 3 nitrogen and oxygen atoms in total. The maximum atomic E-state index is 6.08. The average molecular weight is 217 g/mol. The van der Waals surface area contributed by atoms with E-state index in [2.05, 4.69) is 0 Å². The van der Waals surface area contributed by atoms with Crippen molar-refractivity contribution in [1.82, 2.24) is 0 Å². The van der Waals surface area contributed by atoms with Crippen molar-refractivity contribution in [3.8, 4) is 5.75 Å². The number of benzene rings is 1. The Labute approximate surface area is 94.8 Å². The number of hydrogen-bond donors (Lipinski definition) is 1. The van der Waals surface area contributed by atoms with E-state index in [0.29, 0.717) is 6.61 Å². The smallest absolute Gasteiger partial charge is 0.119 e. The van der Waals surface area contributed by atoms with E-state index >= 15 is 0 Å². The molecule has 0 saturated heterocycles. The highest BCUT2D eigenvalue weighted by molar-refractivity contribution is 5.33. The van der Waals surface area contributed by atoms with Crippen molar-refractivity contribution >= 4 is 0 Å². The number of nitrogens with two attached hydrogens (primary N) is 1. The second-order valence-corrected chi connectivity index (χ2v) is 3.54. The minimum absolute atomic E-state index is 0.144. The van der Waals surface area contributed by atoms with Gasteiger partial charge in [0.05, 0.1) is 25.2 Å². The third-order valence-corrected chi connectivity index (χ3v) is 2.45. The summed E-state index contributed by atoms with van der Waals surface area (Å²) in [6, 6.07) is 9.54. The van der Waals surface area contributed by atoms with Crippen molar-refractivity contribution in [1.29, 1.82) is 0 Å². The molecule has 0 aliphatic rings. The van der Waals surface area contributed by atoms with Crippen LogP contribution in [0.2, 0.25) is 0 Å². The number of ether oxygens (including phenoxy) is 1. The van der Waals surface area contributed by atoms with Gasteiger partial charge in [0.25, 0.3) is 0 Å². The molecule has 1 unspecified atom stereocenters. The zero-order valence-corrected chi connectivity index (χ0v) is 9.22. The van der Waals surface area contributed by atoms with Crippen LogP contribution in [-0.2, 0) is 0 Å². The van der Waals surface area contributed by atoms with Gasteiger partial charge in [-0.1, -0.05) is 12.1 Å². The standard InChI is InChI=1S/C13H15NO2/c1-2-16-12-5-3-10(4-6-12)13(14)11-7-8-15-9-11/h3-9,13H,2,14H2,1H3. The topological polar surface area (TPSA) is 48.4 Å². The van der Waals surface area contributed by atoms with Gasteiger partial charge in [0.15, 0.2) is 0 Å². The molecular weight excluding hydrogens is 202 g/mol. The van der Waals surface area contributed by atoms with Gasteiger partial charge >= 0.3 is 0 Å². The maximum absolute atomic E-state index is 6.08. The van der Waals surface area contributed by atoms with Crippen LogP contribution in [0.3, 0.4) is 0 Å². The molecule has 0 bridgehead atoms. The maximum Gasteiger partial charge on any atom is 0.119 e. The van der Waals surface area contributed by atoms with E-state index in [9.17, 15) is 0 Å². The minimum Gasteiger partial charge on any atom is -0.494 e. The fourth-order valence-electron chi connectivity index (χ4n) is 1.58. The van der Waals surface area contributed by atoms with E-state index < -0.39 is 0 Å². The highest BCUT2D eigenvalue weighted by Gasteiger charge is 2.09. The molecule has 1 aromatic carbocycles. The van der Waals surface area contributed by atoms with Crippen LogP contribution in [0.1, 0.15) is 24.1 Å². The van der Waals surface area contributed by atoms with E-state index in [0.717, 1.165) is 16.9 Å². The predicted octanol–water partition coefficient (Wildman–Crippen LogP) is 2.73. The van der Waals surface area contributed by atoms with Gasteiger partial charge < -0.3 is 14.9 Å². The fourth-order valence-corrected chi connectivity index (χ4v) is 1.58. The third kappa shape index (κ3) is 2.25. The summed E-state index contributed by atoms with van der Waals surface area (Å²) in [5, 5.41) is 0. The predicted molar refractivity (Wildman–Crippen MR) is 62.3 cm³/mol. The average Bonchev–Trinajstić information content (AvgIpc) is 2.83. The molecule has 16 heavy (non-hydrogen) atoms. The fraction of sp³-hybridized carbons (Fsp3) is 0.231. The van der Waals surface area contributed by atoms with Crippen molar-refractivity contribution < 1.29 is 9.15 Å². The Kier molecular flexibility index (Phi) is 3.27. The van der Waals surface area contributed by atoms with Crippen LogP contribution in [0.4, 0.5) is 0 Å². The Balaban J connectivity index is 2.15. The minimum atomic E-state index is -0.144. The lowest BCUT2D eigenvalue weighted by Crippen LogP contribution is -2.10. The lowest BCUT2D eigenvalue weighted by molar-refractivity contribution is 0.340. The van der Waals surface area contributed by atoms with Gasteiger partial charge in [0.1, 0.15) is 5.75 Å². The number of hydrogen-bond acceptors (Lipinski definition) is 3. The van der Waals surface area contributed by atoms with Crippen LogP contribution in [0, 0.1) is 0 Å². The SMILES string of the molecule is CCOc1ccc(C(N)c2ccoc2)cc1. The van der Waals surface area contributed by atoms with Crippen LogP contribution >= 0.6 is 0 Å². The van der Waals surface area contributed by atoms with E-state index in [1.54, 1.807) is 12.5 Å². The van der Waals surface area contributed by atoms with Crippen molar-refractivity contribution in [2.24, 2.45) is 5.73 Å². The number of rotatable bonds is 4. The first-order chi connectivity index (χ1) is 7.81. The Morgan fingerprint density at radius 1 is 1.19 bits per heavy atom. The largest absolute Gasteiger partial charge is 0.494 e. The summed E-state index contributed by atoms with van der Waals surface area (Å²) in [6.07, 6.45) is 3.30. The molecule has 0 aliphatic carbocycles. The van der Waals surface area contributed by atoms with Gasteiger partial charge in [-0.3, -0.25) is 0 Å². The molecule has 1 heterocycles. The summed E-state index contributed by atoms with van der Waals surface area (Å²) >= 11 is 0. The zero-order valence-electron chi connectivity index (χ0n) is 9.22. The molecular formula is C13H15NO2. The van der Waals surface area contributed by atoms with Gasteiger partial charge in [-0.25, -0.2) is 0 Å². The van der Waals surface area contributed by atoms with Gasteiger partial charge in [-0.15, -0.1) is 0 Å². The first-order valence-electron chi connectivity index (χ1n) is 5.31. The second-order valence-electron chi connectivity index (χ2n) is 3.54. The molecule has 84 valence electrons. The highest BCUT2D eigenvalue weighted by atomic mass is 16.5. The molecule has 1 atom stereocenters. The van der Waals surface area contributed by atoms with Crippen molar-refractivity contribution in [2.75, 3.05) is 6.61 Å².